The molecule has 0 aliphatic carbocycles. The number of benzene rings is 2. The lowest BCUT2D eigenvalue weighted by atomic mass is 10.1. The highest BCUT2D eigenvalue weighted by Crippen LogP contribution is 2.28. The summed E-state index contributed by atoms with van der Waals surface area (Å²) in [5, 5.41) is 11.2. The van der Waals surface area contributed by atoms with Crippen LogP contribution in [0.2, 0.25) is 0 Å². The molecule has 6 heteroatoms. The molecule has 0 bridgehead atoms. The molecule has 0 radical (unpaired) electrons. The van der Waals surface area contributed by atoms with Crippen molar-refractivity contribution in [2.45, 2.75) is 33.1 Å². The van der Waals surface area contributed by atoms with Crippen LogP contribution in [0.25, 0.3) is 0 Å². The van der Waals surface area contributed by atoms with Crippen molar-refractivity contribution in [1.82, 2.24) is 5.32 Å². The first-order valence-corrected chi connectivity index (χ1v) is 9.90. The maximum Gasteiger partial charge on any atom is 0.234 e. The fourth-order valence-corrected chi connectivity index (χ4v) is 2.71. The van der Waals surface area contributed by atoms with E-state index in [0.717, 1.165) is 17.7 Å². The van der Waals surface area contributed by atoms with Crippen LogP contribution in [0, 0.1) is 11.3 Å². The molecule has 0 heterocycles. The molecule has 1 N–H and O–H groups in total. The molecule has 2 aromatic carbocycles. The fourth-order valence-electron chi connectivity index (χ4n) is 2.71. The number of nitrogens with one attached hydrogen (secondary N) is 1. The summed E-state index contributed by atoms with van der Waals surface area (Å²) in [6.45, 7) is 5.87. The second kappa shape index (κ2) is 12.3. The van der Waals surface area contributed by atoms with Gasteiger partial charge in [0.1, 0.15) is 25.4 Å². The van der Waals surface area contributed by atoms with Gasteiger partial charge in [-0.2, -0.15) is 5.26 Å². The second-order valence-corrected chi connectivity index (χ2v) is 6.34. The summed E-state index contributed by atoms with van der Waals surface area (Å²) in [7, 11) is 0. The molecule has 1 amide bonds. The van der Waals surface area contributed by atoms with Crippen LogP contribution in [0.1, 0.15) is 31.4 Å². The molecule has 0 unspecified atom stereocenters. The quantitative estimate of drug-likeness (QED) is 0.554. The van der Waals surface area contributed by atoms with Crippen LogP contribution < -0.4 is 19.5 Å². The molecule has 0 spiro atoms. The van der Waals surface area contributed by atoms with Gasteiger partial charge in [-0.1, -0.05) is 25.1 Å². The summed E-state index contributed by atoms with van der Waals surface area (Å²) < 4.78 is 17.2. The predicted molar refractivity (Wildman–Crippen MR) is 111 cm³/mol. The van der Waals surface area contributed by atoms with Gasteiger partial charge >= 0.3 is 0 Å². The van der Waals surface area contributed by atoms with Crippen LogP contribution in [0.3, 0.4) is 0 Å². The van der Waals surface area contributed by atoms with Crippen LogP contribution in [0.5, 0.6) is 17.2 Å². The Balaban J connectivity index is 1.83. The number of amides is 1. The normalized spacial score (nSPS) is 10.1. The van der Waals surface area contributed by atoms with Crippen molar-refractivity contribution in [2.75, 3.05) is 26.4 Å². The smallest absolute Gasteiger partial charge is 0.234 e. The third-order valence-corrected chi connectivity index (χ3v) is 4.22. The Hall–Kier alpha value is -3.20. The molecule has 2 aromatic rings. The number of aryl methyl sites for hydroxylation is 1. The van der Waals surface area contributed by atoms with Crippen LogP contribution in [-0.4, -0.2) is 32.3 Å². The Bertz CT molecular complexity index is 813. The van der Waals surface area contributed by atoms with Crippen molar-refractivity contribution in [3.8, 4) is 23.3 Å². The van der Waals surface area contributed by atoms with Gasteiger partial charge in [0.05, 0.1) is 12.7 Å². The van der Waals surface area contributed by atoms with Gasteiger partial charge in [0, 0.05) is 6.54 Å². The van der Waals surface area contributed by atoms with E-state index in [2.05, 4.69) is 24.4 Å². The van der Waals surface area contributed by atoms with E-state index in [1.807, 2.05) is 43.3 Å². The number of carbonyl (C=O) groups is 1. The first-order chi connectivity index (χ1) is 14.2. The summed E-state index contributed by atoms with van der Waals surface area (Å²) in [5.41, 5.74) is 2.30. The van der Waals surface area contributed by atoms with Gasteiger partial charge in [0.25, 0.3) is 0 Å². The van der Waals surface area contributed by atoms with Crippen LogP contribution >= 0.6 is 0 Å². The van der Waals surface area contributed by atoms with Crippen LogP contribution in [0.4, 0.5) is 0 Å². The number of hydrogen-bond donors (Lipinski definition) is 1. The zero-order chi connectivity index (χ0) is 20.9. The first kappa shape index (κ1) is 22.1. The van der Waals surface area contributed by atoms with Crippen LogP contribution in [0.15, 0.2) is 42.5 Å². The number of hydrogen-bond acceptors (Lipinski definition) is 5. The molecule has 2 rings (SSSR count). The standard InChI is InChI=1S/C23H28N2O4/c1-3-18-5-8-20(9-6-18)28-15-16-29-21-10-7-19(17-22(21)27-4-2)12-14-25-23(26)11-13-24/h5-10,17H,3-4,11-12,14-16H2,1-2H3,(H,25,26). The Morgan fingerprint density at radius 1 is 0.966 bits per heavy atom. The molecular formula is C23H28N2O4. The lowest BCUT2D eigenvalue weighted by Crippen LogP contribution is -2.24. The fraction of sp³-hybridized carbons (Fsp3) is 0.391. The van der Waals surface area contributed by atoms with Gasteiger partial charge in [-0.15, -0.1) is 0 Å². The third-order valence-electron chi connectivity index (χ3n) is 4.22. The average molecular weight is 396 g/mol. The minimum atomic E-state index is -0.262. The van der Waals surface area contributed by atoms with Crippen molar-refractivity contribution in [1.29, 1.82) is 5.26 Å². The first-order valence-electron chi connectivity index (χ1n) is 9.90. The Labute approximate surface area is 172 Å². The highest BCUT2D eigenvalue weighted by Gasteiger charge is 2.08. The molecule has 0 aliphatic rings. The van der Waals surface area contributed by atoms with E-state index in [-0.39, 0.29) is 12.3 Å². The SMILES string of the molecule is CCOc1cc(CCNC(=O)CC#N)ccc1OCCOc1ccc(CC)cc1. The van der Waals surface area contributed by atoms with Gasteiger partial charge in [0.2, 0.25) is 5.91 Å². The summed E-state index contributed by atoms with van der Waals surface area (Å²) in [5.74, 6) is 1.89. The summed E-state index contributed by atoms with van der Waals surface area (Å²) in [6.07, 6.45) is 1.53. The number of carbonyl (C=O) groups excluding carboxylic acids is 1. The molecule has 29 heavy (non-hydrogen) atoms. The van der Waals surface area contributed by atoms with E-state index in [9.17, 15) is 4.79 Å². The molecular weight excluding hydrogens is 368 g/mol. The van der Waals surface area contributed by atoms with Crippen molar-refractivity contribution in [3.05, 3.63) is 53.6 Å². The van der Waals surface area contributed by atoms with E-state index in [1.165, 1.54) is 5.56 Å². The minimum absolute atomic E-state index is 0.123. The summed E-state index contributed by atoms with van der Waals surface area (Å²) in [6, 6.07) is 15.6. The molecule has 0 aromatic heterocycles. The van der Waals surface area contributed by atoms with Gasteiger partial charge in [-0.25, -0.2) is 0 Å². The molecule has 0 saturated heterocycles. The predicted octanol–water partition coefficient (Wildman–Crippen LogP) is 3.68. The molecule has 0 saturated carbocycles. The Morgan fingerprint density at radius 3 is 2.38 bits per heavy atom. The van der Waals surface area contributed by atoms with Crippen molar-refractivity contribution < 1.29 is 19.0 Å². The van der Waals surface area contributed by atoms with E-state index in [1.54, 1.807) is 0 Å². The maximum absolute atomic E-state index is 11.3. The van der Waals surface area contributed by atoms with Gasteiger partial charge in [-0.3, -0.25) is 4.79 Å². The van der Waals surface area contributed by atoms with Crippen molar-refractivity contribution >= 4 is 5.91 Å². The lowest BCUT2D eigenvalue weighted by molar-refractivity contribution is -0.120. The highest BCUT2D eigenvalue weighted by molar-refractivity contribution is 5.77. The van der Waals surface area contributed by atoms with E-state index in [0.29, 0.717) is 44.3 Å². The van der Waals surface area contributed by atoms with Gasteiger partial charge in [-0.05, 0) is 55.2 Å². The summed E-state index contributed by atoms with van der Waals surface area (Å²) >= 11 is 0. The largest absolute Gasteiger partial charge is 0.490 e. The minimum Gasteiger partial charge on any atom is -0.490 e. The average Bonchev–Trinajstić information content (AvgIpc) is 2.73. The van der Waals surface area contributed by atoms with E-state index in [4.69, 9.17) is 19.5 Å². The Kier molecular flexibility index (Phi) is 9.37. The van der Waals surface area contributed by atoms with Gasteiger partial charge < -0.3 is 19.5 Å². The topological polar surface area (TPSA) is 80.6 Å². The molecule has 0 fully saturated rings. The molecule has 0 atom stereocenters. The zero-order valence-electron chi connectivity index (χ0n) is 17.1. The molecule has 6 nitrogen and oxygen atoms in total. The number of nitrogens with zero attached hydrogens (tertiary/aromatic N) is 1. The monoisotopic (exact) mass is 396 g/mol. The zero-order valence-corrected chi connectivity index (χ0v) is 17.1. The van der Waals surface area contributed by atoms with E-state index < -0.39 is 0 Å². The van der Waals surface area contributed by atoms with E-state index >= 15 is 0 Å². The third kappa shape index (κ3) is 7.74. The lowest BCUT2D eigenvalue weighted by Gasteiger charge is -2.14. The number of rotatable bonds is 12. The number of ether oxygens (including phenoxy) is 3. The second-order valence-electron chi connectivity index (χ2n) is 6.34. The molecule has 0 aliphatic heterocycles. The number of nitriles is 1. The molecule has 154 valence electrons. The van der Waals surface area contributed by atoms with Crippen molar-refractivity contribution in [2.24, 2.45) is 0 Å². The van der Waals surface area contributed by atoms with Crippen molar-refractivity contribution in [3.63, 3.8) is 0 Å². The van der Waals surface area contributed by atoms with Gasteiger partial charge in [0.15, 0.2) is 11.5 Å². The highest BCUT2D eigenvalue weighted by atomic mass is 16.5. The summed E-state index contributed by atoms with van der Waals surface area (Å²) in [4.78, 5) is 11.3. The maximum atomic E-state index is 11.3. The van der Waals surface area contributed by atoms with Crippen LogP contribution in [-0.2, 0) is 17.6 Å². The Morgan fingerprint density at radius 2 is 1.69 bits per heavy atom.